The predicted octanol–water partition coefficient (Wildman–Crippen LogP) is 15.4. The van der Waals surface area contributed by atoms with E-state index in [0.717, 1.165) is 60.8 Å². The summed E-state index contributed by atoms with van der Waals surface area (Å²) >= 11 is 1.88. The summed E-state index contributed by atoms with van der Waals surface area (Å²) in [5, 5.41) is 14.1. The minimum absolute atomic E-state index is 0.543. The third-order valence-electron chi connectivity index (χ3n) is 12.4. The lowest BCUT2D eigenvalue weighted by molar-refractivity contribution is 0.653. The highest BCUT2D eigenvalue weighted by Gasteiger charge is 2.25. The first kappa shape index (κ1) is 32.2. The molecular formula is C54H29N3O2S. The van der Waals surface area contributed by atoms with Crippen molar-refractivity contribution in [2.45, 2.75) is 0 Å². The lowest BCUT2D eigenvalue weighted by Gasteiger charge is -2.12. The number of benzene rings is 9. The average Bonchev–Trinajstić information content (AvgIpc) is 4.08. The van der Waals surface area contributed by atoms with E-state index in [1.165, 1.54) is 63.5 Å². The summed E-state index contributed by atoms with van der Waals surface area (Å²) in [5.41, 5.74) is 9.02. The summed E-state index contributed by atoms with van der Waals surface area (Å²) in [4.78, 5) is 10.5. The van der Waals surface area contributed by atoms with Crippen LogP contribution in [0.4, 0.5) is 0 Å². The molecule has 6 heteroatoms. The van der Waals surface area contributed by atoms with Gasteiger partial charge in [-0.25, -0.2) is 4.98 Å². The molecule has 0 spiro atoms. The molecule has 0 aliphatic carbocycles. The molecule has 0 saturated carbocycles. The van der Waals surface area contributed by atoms with Gasteiger partial charge in [0.05, 0.1) is 26.8 Å². The number of rotatable bonds is 3. The smallest absolute Gasteiger partial charge is 0.231 e. The van der Waals surface area contributed by atoms with Crippen molar-refractivity contribution in [3.63, 3.8) is 0 Å². The van der Waals surface area contributed by atoms with Gasteiger partial charge in [0.15, 0.2) is 5.82 Å². The Morgan fingerprint density at radius 1 is 0.433 bits per heavy atom. The van der Waals surface area contributed by atoms with Crippen molar-refractivity contribution < 1.29 is 8.83 Å². The Bertz CT molecular complexity index is 4130. The van der Waals surface area contributed by atoms with E-state index in [9.17, 15) is 0 Å². The maximum atomic E-state index is 6.56. The lowest BCUT2D eigenvalue weighted by Crippen LogP contribution is -1.97. The molecule has 278 valence electrons. The Balaban J connectivity index is 1.04. The summed E-state index contributed by atoms with van der Waals surface area (Å²) in [6, 6.07) is 62.3. The van der Waals surface area contributed by atoms with Crippen LogP contribution in [-0.2, 0) is 0 Å². The van der Waals surface area contributed by atoms with Crippen molar-refractivity contribution in [3.05, 3.63) is 176 Å². The van der Waals surface area contributed by atoms with Gasteiger partial charge in [-0.1, -0.05) is 127 Å². The molecule has 0 bridgehead atoms. The number of fused-ring (bicyclic) bond motifs is 18. The average molecular weight is 784 g/mol. The van der Waals surface area contributed by atoms with Crippen LogP contribution in [0.1, 0.15) is 0 Å². The second kappa shape index (κ2) is 11.9. The number of nitrogens with zero attached hydrogens (tertiary/aromatic N) is 3. The van der Waals surface area contributed by atoms with Crippen LogP contribution in [0.5, 0.6) is 0 Å². The number of hydrogen-bond acceptors (Lipinski definition) is 5. The molecular weight excluding hydrogens is 755 g/mol. The molecule has 0 fully saturated rings. The molecule has 5 aromatic heterocycles. The van der Waals surface area contributed by atoms with Gasteiger partial charge in [0.2, 0.25) is 5.71 Å². The van der Waals surface area contributed by atoms with E-state index >= 15 is 0 Å². The Labute approximate surface area is 345 Å². The molecule has 0 saturated heterocycles. The predicted molar refractivity (Wildman–Crippen MR) is 250 cm³/mol. The third-order valence-corrected chi connectivity index (χ3v) is 13.6. The lowest BCUT2D eigenvalue weighted by atomic mass is 9.98. The highest BCUT2D eigenvalue weighted by molar-refractivity contribution is 7.27. The summed E-state index contributed by atoms with van der Waals surface area (Å²) < 4.78 is 18.1. The first-order valence-electron chi connectivity index (χ1n) is 20.2. The van der Waals surface area contributed by atoms with Crippen LogP contribution in [-0.4, -0.2) is 14.5 Å². The minimum atomic E-state index is 0.543. The van der Waals surface area contributed by atoms with Gasteiger partial charge in [0, 0.05) is 64.6 Å². The highest BCUT2D eigenvalue weighted by Crippen LogP contribution is 2.49. The van der Waals surface area contributed by atoms with E-state index in [-0.39, 0.29) is 0 Å². The van der Waals surface area contributed by atoms with Gasteiger partial charge in [-0.15, -0.1) is 11.3 Å². The summed E-state index contributed by atoms with van der Waals surface area (Å²) in [6.07, 6.45) is 0. The fraction of sp³-hybridized carbons (Fsp3) is 0. The van der Waals surface area contributed by atoms with Gasteiger partial charge in [0.1, 0.15) is 16.7 Å². The molecule has 0 unspecified atom stereocenters. The van der Waals surface area contributed by atoms with E-state index in [1.54, 1.807) is 0 Å². The van der Waals surface area contributed by atoms with Gasteiger partial charge in [-0.05, 0) is 64.7 Å². The Hall–Kier alpha value is -7.80. The summed E-state index contributed by atoms with van der Waals surface area (Å²) in [6.45, 7) is 0. The van der Waals surface area contributed by atoms with E-state index in [4.69, 9.17) is 18.8 Å². The standard InChI is InChI=1S/C54H29N3O2S/c1-2-13-33-30(12-1)26-29-40-45-35-15-3-4-16-36(35)46-39-18-7-10-23-44(39)60-52(46)50(45)57(49(33)40)32-27-24-31(25-28-32)53-55-48(47-38-17-6-9-22-43(38)59-54(47)56-53)41-20-11-19-37-34-14-5-8-21-42(34)58-51(37)41/h1-29H. The van der Waals surface area contributed by atoms with E-state index in [0.29, 0.717) is 11.5 Å². The molecule has 5 nitrogen and oxygen atoms in total. The molecule has 0 aliphatic heterocycles. The molecule has 14 aromatic rings. The molecule has 0 N–H and O–H groups in total. The Morgan fingerprint density at radius 2 is 1.10 bits per heavy atom. The first-order chi connectivity index (χ1) is 29.8. The fourth-order valence-electron chi connectivity index (χ4n) is 9.83. The second-order valence-electron chi connectivity index (χ2n) is 15.6. The van der Waals surface area contributed by atoms with Crippen LogP contribution in [0.25, 0.3) is 136 Å². The number of thiophene rings is 1. The number of furan rings is 2. The quantitative estimate of drug-likeness (QED) is 0.179. The zero-order chi connectivity index (χ0) is 39.1. The first-order valence-corrected chi connectivity index (χ1v) is 21.0. The van der Waals surface area contributed by atoms with Crippen molar-refractivity contribution >= 4 is 119 Å². The minimum Gasteiger partial charge on any atom is -0.455 e. The SMILES string of the molecule is c1ccc2c(c1)ccc1c3c4ccccc4c4c5ccccc5sc4c3n(-c3ccc(-c4nc(-c5cccc6c5oc5ccccc56)c5c(n4)oc4ccccc45)cc3)c21. The van der Waals surface area contributed by atoms with Crippen LogP contribution in [0.15, 0.2) is 185 Å². The van der Waals surface area contributed by atoms with Gasteiger partial charge < -0.3 is 13.4 Å². The van der Waals surface area contributed by atoms with Crippen molar-refractivity contribution in [1.29, 1.82) is 0 Å². The molecule has 0 radical (unpaired) electrons. The molecule has 0 amide bonds. The maximum absolute atomic E-state index is 6.56. The molecule has 9 aromatic carbocycles. The van der Waals surface area contributed by atoms with E-state index < -0.39 is 0 Å². The number of aromatic nitrogens is 3. The molecule has 5 heterocycles. The zero-order valence-corrected chi connectivity index (χ0v) is 32.6. The molecule has 0 aliphatic rings. The van der Waals surface area contributed by atoms with Gasteiger partial charge >= 0.3 is 0 Å². The molecule has 60 heavy (non-hydrogen) atoms. The van der Waals surface area contributed by atoms with Crippen molar-refractivity contribution in [2.75, 3.05) is 0 Å². The number of hydrogen-bond donors (Lipinski definition) is 0. The van der Waals surface area contributed by atoms with E-state index in [2.05, 4.69) is 144 Å². The van der Waals surface area contributed by atoms with Crippen LogP contribution in [0.3, 0.4) is 0 Å². The van der Waals surface area contributed by atoms with Crippen molar-refractivity contribution in [3.8, 4) is 28.3 Å². The zero-order valence-electron chi connectivity index (χ0n) is 31.8. The largest absolute Gasteiger partial charge is 0.455 e. The third kappa shape index (κ3) is 4.30. The normalized spacial score (nSPS) is 12.3. The topological polar surface area (TPSA) is 57.0 Å². The van der Waals surface area contributed by atoms with Gasteiger partial charge in [-0.3, -0.25) is 0 Å². The van der Waals surface area contributed by atoms with Crippen LogP contribution < -0.4 is 0 Å². The monoisotopic (exact) mass is 783 g/mol. The maximum Gasteiger partial charge on any atom is 0.231 e. The molecule has 0 atom stereocenters. The fourth-order valence-corrected chi connectivity index (χ4v) is 11.1. The summed E-state index contributed by atoms with van der Waals surface area (Å²) in [7, 11) is 0. The van der Waals surface area contributed by atoms with Crippen LogP contribution >= 0.6 is 11.3 Å². The van der Waals surface area contributed by atoms with E-state index in [1.807, 2.05) is 47.7 Å². The van der Waals surface area contributed by atoms with Gasteiger partial charge in [-0.2, -0.15) is 4.98 Å². The van der Waals surface area contributed by atoms with Crippen molar-refractivity contribution in [2.24, 2.45) is 0 Å². The Morgan fingerprint density at radius 3 is 1.93 bits per heavy atom. The second-order valence-corrected chi connectivity index (χ2v) is 16.6. The highest BCUT2D eigenvalue weighted by atomic mass is 32.1. The van der Waals surface area contributed by atoms with Crippen molar-refractivity contribution in [1.82, 2.24) is 14.5 Å². The molecule has 14 rings (SSSR count). The number of para-hydroxylation sites is 3. The Kier molecular flexibility index (Phi) is 6.38. The van der Waals surface area contributed by atoms with Crippen LogP contribution in [0, 0.1) is 0 Å². The van der Waals surface area contributed by atoms with Crippen LogP contribution in [0.2, 0.25) is 0 Å². The van der Waals surface area contributed by atoms with Gasteiger partial charge in [0.25, 0.3) is 0 Å². The summed E-state index contributed by atoms with van der Waals surface area (Å²) in [5.74, 6) is 0.585.